The molecule has 146 valence electrons. The second-order valence-corrected chi connectivity index (χ2v) is 5.25. The van der Waals surface area contributed by atoms with Gasteiger partial charge in [-0.2, -0.15) is 0 Å². The van der Waals surface area contributed by atoms with Crippen LogP contribution in [0.4, 0.5) is 16.2 Å². The van der Waals surface area contributed by atoms with Crippen molar-refractivity contribution in [2.45, 2.75) is 6.92 Å². The molecule has 0 aromatic heterocycles. The summed E-state index contributed by atoms with van der Waals surface area (Å²) in [7, 11) is 0. The van der Waals surface area contributed by atoms with E-state index in [1.165, 1.54) is 9.91 Å². The van der Waals surface area contributed by atoms with E-state index in [1.54, 1.807) is 6.92 Å². The van der Waals surface area contributed by atoms with Crippen molar-refractivity contribution in [3.05, 3.63) is 38.4 Å². The van der Waals surface area contributed by atoms with E-state index in [4.69, 9.17) is 9.57 Å². The van der Waals surface area contributed by atoms with Gasteiger partial charge in [-0.05, 0) is 13.0 Å². The molecule has 1 aliphatic rings. The number of nitrogens with zero attached hydrogens (tertiary/aromatic N) is 6. The Morgan fingerprint density at radius 3 is 2.44 bits per heavy atom. The number of ether oxygens (including phenoxy) is 1. The molecule has 2 rings (SSSR count). The summed E-state index contributed by atoms with van der Waals surface area (Å²) < 4.78 is 4.88. The molecule has 0 atom stereocenters. The zero-order valence-corrected chi connectivity index (χ0v) is 14.3. The molecule has 0 unspecified atom stereocenters. The normalized spacial score (nSPS) is 14.6. The standard InChI is InChI=1S/C13H17N6O8/c1-2-26-13(20)15-5-7-16(8-6-15)19(25)14-27-12-4-3-10(17(21)22)9-11(12)18(23)24/h3-4,9H,2,5-8H2,1H3,(H,14,25)/q+1. The summed E-state index contributed by atoms with van der Waals surface area (Å²) in [5.41, 5.74) is -1.15. The number of nitro benzene ring substituents is 2. The second kappa shape index (κ2) is 8.59. The number of rotatable bonds is 6. The van der Waals surface area contributed by atoms with Crippen LogP contribution in [0, 0.1) is 20.2 Å². The van der Waals surface area contributed by atoms with Gasteiger partial charge < -0.3 is 9.64 Å². The average Bonchev–Trinajstić information content (AvgIpc) is 2.66. The lowest BCUT2D eigenvalue weighted by molar-refractivity contribution is -0.940. The zero-order chi connectivity index (χ0) is 20.0. The molecule has 14 heteroatoms. The molecule has 1 amide bonds. The van der Waals surface area contributed by atoms with E-state index in [9.17, 15) is 30.2 Å². The van der Waals surface area contributed by atoms with E-state index in [0.717, 1.165) is 18.2 Å². The number of piperazine rings is 1. The first-order chi connectivity index (χ1) is 12.8. The summed E-state index contributed by atoms with van der Waals surface area (Å²) in [5, 5.41) is 36.3. The maximum absolute atomic E-state index is 11.6. The van der Waals surface area contributed by atoms with E-state index < -0.39 is 27.3 Å². The molecule has 27 heavy (non-hydrogen) atoms. The van der Waals surface area contributed by atoms with Crippen LogP contribution in [0.15, 0.2) is 23.5 Å². The largest absolute Gasteiger partial charge is 0.450 e. The minimum Gasteiger partial charge on any atom is -0.450 e. The van der Waals surface area contributed by atoms with Gasteiger partial charge in [0.1, 0.15) is 0 Å². The maximum atomic E-state index is 11.6. The van der Waals surface area contributed by atoms with E-state index in [2.05, 4.69) is 5.28 Å². The van der Waals surface area contributed by atoms with E-state index in [0.29, 0.717) is 4.97 Å². The predicted octanol–water partition coefficient (Wildman–Crippen LogP) is 1.34. The minimum atomic E-state index is -0.863. The highest BCUT2D eigenvalue weighted by atomic mass is 16.7. The van der Waals surface area contributed by atoms with Crippen molar-refractivity contribution >= 4 is 17.5 Å². The first-order valence-electron chi connectivity index (χ1n) is 7.79. The van der Waals surface area contributed by atoms with Crippen molar-refractivity contribution in [3.63, 3.8) is 0 Å². The molecule has 0 aliphatic carbocycles. The number of carbonyl (C=O) groups is 1. The van der Waals surface area contributed by atoms with Crippen LogP contribution in [0.1, 0.15) is 6.92 Å². The number of benzene rings is 1. The molecular weight excluding hydrogens is 368 g/mol. The van der Waals surface area contributed by atoms with Crippen LogP contribution in [-0.4, -0.2) is 68.8 Å². The molecule has 0 radical (unpaired) electrons. The van der Waals surface area contributed by atoms with Gasteiger partial charge in [-0.15, -0.1) is 5.01 Å². The molecule has 1 aromatic rings. The van der Waals surface area contributed by atoms with Crippen molar-refractivity contribution in [1.82, 2.24) is 9.91 Å². The van der Waals surface area contributed by atoms with Crippen molar-refractivity contribution < 1.29 is 34.4 Å². The maximum Gasteiger partial charge on any atom is 0.409 e. The van der Waals surface area contributed by atoms with Gasteiger partial charge in [0.15, 0.2) is 0 Å². The van der Waals surface area contributed by atoms with Gasteiger partial charge in [-0.25, -0.2) is 10.0 Å². The molecule has 1 N–H and O–H groups in total. The summed E-state index contributed by atoms with van der Waals surface area (Å²) in [6.07, 6.45) is -0.462. The van der Waals surface area contributed by atoms with E-state index in [-0.39, 0.29) is 38.5 Å². The van der Waals surface area contributed by atoms with Crippen molar-refractivity contribution in [3.8, 4) is 5.75 Å². The van der Waals surface area contributed by atoms with Gasteiger partial charge >= 0.3 is 11.8 Å². The van der Waals surface area contributed by atoms with E-state index in [1.807, 2.05) is 0 Å². The van der Waals surface area contributed by atoms with Crippen LogP contribution in [0.5, 0.6) is 5.75 Å². The lowest BCUT2D eigenvalue weighted by atomic mass is 10.2. The molecular formula is C13H17N6O8+. The fourth-order valence-electron chi connectivity index (χ4n) is 2.24. The van der Waals surface area contributed by atoms with Gasteiger partial charge in [-0.3, -0.25) is 25.1 Å². The monoisotopic (exact) mass is 385 g/mol. The Hall–Kier alpha value is -3.71. The Labute approximate surface area is 152 Å². The highest BCUT2D eigenvalue weighted by Crippen LogP contribution is 2.31. The molecule has 1 aliphatic heterocycles. The summed E-state index contributed by atoms with van der Waals surface area (Å²) >= 11 is 0. The first kappa shape index (κ1) is 19.6. The second-order valence-electron chi connectivity index (χ2n) is 5.25. The Bertz CT molecular complexity index is 761. The third-order valence-electron chi connectivity index (χ3n) is 3.60. The van der Waals surface area contributed by atoms with Crippen LogP contribution in [0.2, 0.25) is 0 Å². The molecule has 1 saturated heterocycles. The van der Waals surface area contributed by atoms with Crippen LogP contribution in [-0.2, 0) is 4.74 Å². The number of hydrazine groups is 1. The van der Waals surface area contributed by atoms with Gasteiger partial charge in [0.05, 0.1) is 35.6 Å². The number of carbonyl (C=O) groups excluding carboxylic acids is 1. The van der Waals surface area contributed by atoms with Crippen molar-refractivity contribution in [2.24, 2.45) is 5.28 Å². The van der Waals surface area contributed by atoms with Crippen LogP contribution >= 0.6 is 0 Å². The SMILES string of the molecule is CCOC(=O)N1CCN(/[N+](O)=N/Oc2ccc([N+](=O)[O-])cc2[N+](=O)[O-])CC1. The number of hydrogen-bond acceptors (Lipinski definition) is 8. The quantitative estimate of drug-likeness (QED) is 0.329. The summed E-state index contributed by atoms with van der Waals surface area (Å²) in [6.45, 7) is 2.90. The van der Waals surface area contributed by atoms with Gasteiger partial charge in [0, 0.05) is 19.2 Å². The average molecular weight is 385 g/mol. The molecule has 1 aromatic carbocycles. The third-order valence-corrected chi connectivity index (χ3v) is 3.60. The summed E-state index contributed by atoms with van der Waals surface area (Å²) in [5.74, 6) is -0.380. The minimum absolute atomic E-state index is 0.213. The lowest BCUT2D eigenvalue weighted by Crippen LogP contribution is -2.51. The molecule has 0 bridgehead atoms. The Morgan fingerprint density at radius 1 is 1.22 bits per heavy atom. The molecule has 0 spiro atoms. The number of non-ortho nitro benzene ring substituents is 1. The predicted molar refractivity (Wildman–Crippen MR) is 85.0 cm³/mol. The molecule has 0 saturated carbocycles. The molecule has 1 heterocycles. The lowest BCUT2D eigenvalue weighted by Gasteiger charge is -2.28. The van der Waals surface area contributed by atoms with Crippen molar-refractivity contribution in [2.75, 3.05) is 32.8 Å². The van der Waals surface area contributed by atoms with Crippen LogP contribution < -0.4 is 4.84 Å². The fourth-order valence-corrected chi connectivity index (χ4v) is 2.24. The number of hydrogen-bond donors (Lipinski definition) is 1. The van der Waals surface area contributed by atoms with Crippen LogP contribution in [0.3, 0.4) is 0 Å². The third kappa shape index (κ3) is 4.90. The highest BCUT2D eigenvalue weighted by Gasteiger charge is 2.29. The number of amides is 1. The molecule has 1 fully saturated rings. The first-order valence-corrected chi connectivity index (χ1v) is 7.79. The highest BCUT2D eigenvalue weighted by molar-refractivity contribution is 5.67. The fraction of sp³-hybridized carbons (Fsp3) is 0.462. The molecule has 14 nitrogen and oxygen atoms in total. The Morgan fingerprint density at radius 2 is 1.89 bits per heavy atom. The van der Waals surface area contributed by atoms with Crippen LogP contribution in [0.25, 0.3) is 0 Å². The Balaban J connectivity index is 2.03. The van der Waals surface area contributed by atoms with E-state index >= 15 is 0 Å². The summed E-state index contributed by atoms with van der Waals surface area (Å²) in [6, 6.07) is 2.74. The zero-order valence-electron chi connectivity index (χ0n) is 14.3. The smallest absolute Gasteiger partial charge is 0.409 e. The van der Waals surface area contributed by atoms with Gasteiger partial charge in [0.25, 0.3) is 15.9 Å². The topological polar surface area (TPSA) is 164 Å². The summed E-state index contributed by atoms with van der Waals surface area (Å²) in [4.78, 5) is 38.3. The van der Waals surface area contributed by atoms with Crippen molar-refractivity contribution in [1.29, 1.82) is 0 Å². The van der Waals surface area contributed by atoms with Gasteiger partial charge in [0.2, 0.25) is 5.75 Å². The van der Waals surface area contributed by atoms with Gasteiger partial charge in [-0.1, -0.05) is 0 Å². The Kier molecular flexibility index (Phi) is 6.24. The number of nitro groups is 2.